The maximum atomic E-state index is 12.7. The Bertz CT molecular complexity index is 862. The molecule has 3 rings (SSSR count). The molecule has 27 heavy (non-hydrogen) atoms. The number of likely N-dealkylation sites (tertiary alicyclic amines) is 1. The molecular formula is C18H17F3N4OS. The zero-order valence-corrected chi connectivity index (χ0v) is 15.3. The van der Waals surface area contributed by atoms with Gasteiger partial charge in [-0.1, -0.05) is 12.1 Å². The largest absolute Gasteiger partial charge is 0.416 e. The Hall–Kier alpha value is -2.44. The number of amides is 1. The van der Waals surface area contributed by atoms with Crippen molar-refractivity contribution in [2.75, 3.05) is 20.1 Å². The molecule has 1 N–H and O–H groups in total. The van der Waals surface area contributed by atoms with E-state index >= 15 is 0 Å². The van der Waals surface area contributed by atoms with Crippen LogP contribution in [0.5, 0.6) is 0 Å². The molecule has 0 radical (unpaired) electrons. The highest BCUT2D eigenvalue weighted by molar-refractivity contribution is 7.16. The van der Waals surface area contributed by atoms with E-state index in [1.807, 2.05) is 7.05 Å². The van der Waals surface area contributed by atoms with Gasteiger partial charge in [0.05, 0.1) is 17.8 Å². The Balaban J connectivity index is 1.73. The molecule has 1 amide bonds. The molecule has 1 aromatic carbocycles. The van der Waals surface area contributed by atoms with Gasteiger partial charge in [0.15, 0.2) is 0 Å². The highest BCUT2D eigenvalue weighted by Gasteiger charge is 2.36. The Labute approximate surface area is 158 Å². The lowest BCUT2D eigenvalue weighted by Gasteiger charge is -2.35. The smallest absolute Gasteiger partial charge is 0.333 e. The molecule has 5 nitrogen and oxygen atoms in total. The molecule has 1 aliphatic heterocycles. The van der Waals surface area contributed by atoms with Crippen LogP contribution in [0.3, 0.4) is 0 Å². The fourth-order valence-corrected chi connectivity index (χ4v) is 3.68. The van der Waals surface area contributed by atoms with Gasteiger partial charge in [-0.2, -0.15) is 18.4 Å². The summed E-state index contributed by atoms with van der Waals surface area (Å²) < 4.78 is 38.0. The summed E-state index contributed by atoms with van der Waals surface area (Å²) in [6, 6.07) is 6.85. The Kier molecular flexibility index (Phi) is 5.22. The van der Waals surface area contributed by atoms with Crippen molar-refractivity contribution in [3.63, 3.8) is 0 Å². The third-order valence-electron chi connectivity index (χ3n) is 4.60. The third-order valence-corrected chi connectivity index (χ3v) is 5.64. The highest BCUT2D eigenvalue weighted by Crippen LogP contribution is 2.32. The summed E-state index contributed by atoms with van der Waals surface area (Å²) in [7, 11) is 1.96. The van der Waals surface area contributed by atoms with E-state index in [0.717, 1.165) is 23.5 Å². The first-order chi connectivity index (χ1) is 12.7. The summed E-state index contributed by atoms with van der Waals surface area (Å²) in [4.78, 5) is 19.1. The summed E-state index contributed by atoms with van der Waals surface area (Å²) in [6.45, 7) is 1.43. The van der Waals surface area contributed by atoms with Gasteiger partial charge in [0.25, 0.3) is 5.91 Å². The minimum absolute atomic E-state index is 0.318. The number of nitrogens with zero attached hydrogens (tertiary/aromatic N) is 3. The van der Waals surface area contributed by atoms with Gasteiger partial charge < -0.3 is 10.2 Å². The van der Waals surface area contributed by atoms with Crippen molar-refractivity contribution in [2.45, 2.75) is 24.6 Å². The van der Waals surface area contributed by atoms with E-state index in [0.29, 0.717) is 41.4 Å². The van der Waals surface area contributed by atoms with Gasteiger partial charge in [-0.15, -0.1) is 11.3 Å². The topological polar surface area (TPSA) is 69.0 Å². The lowest BCUT2D eigenvalue weighted by atomic mass is 9.89. The second kappa shape index (κ2) is 7.29. The quantitative estimate of drug-likeness (QED) is 0.865. The number of nitriles is 1. The minimum Gasteiger partial charge on any atom is -0.333 e. The Morgan fingerprint density at radius 2 is 1.93 bits per heavy atom. The molecule has 0 spiro atoms. The number of halogens is 3. The van der Waals surface area contributed by atoms with Crippen LogP contribution in [0, 0.1) is 11.3 Å². The molecule has 1 aromatic heterocycles. The van der Waals surface area contributed by atoms with E-state index in [1.165, 1.54) is 18.3 Å². The molecule has 142 valence electrons. The standard InChI is InChI=1S/C18H17F3N4OS/c1-25-8-6-17(11-22,7-9-25)24-15(26)14-10-23-16(27-14)12-2-4-13(5-3-12)18(19,20)21/h2-5,10H,6-9H2,1H3,(H,24,26). The molecule has 2 aromatic rings. The molecule has 0 saturated carbocycles. The average Bonchev–Trinajstić information content (AvgIpc) is 3.14. The van der Waals surface area contributed by atoms with Crippen molar-refractivity contribution >= 4 is 17.2 Å². The molecule has 2 heterocycles. The predicted octanol–water partition coefficient (Wildman–Crippen LogP) is 3.55. The monoisotopic (exact) mass is 394 g/mol. The van der Waals surface area contributed by atoms with Crippen LogP contribution < -0.4 is 5.32 Å². The first-order valence-corrected chi connectivity index (χ1v) is 9.10. The normalized spacial score (nSPS) is 17.3. The van der Waals surface area contributed by atoms with Gasteiger partial charge in [-0.3, -0.25) is 4.79 Å². The van der Waals surface area contributed by atoms with E-state index in [4.69, 9.17) is 0 Å². The maximum Gasteiger partial charge on any atom is 0.416 e. The zero-order valence-electron chi connectivity index (χ0n) is 14.5. The summed E-state index contributed by atoms with van der Waals surface area (Å²) in [5, 5.41) is 12.8. The first-order valence-electron chi connectivity index (χ1n) is 8.28. The fourth-order valence-electron chi connectivity index (χ4n) is 2.86. The first kappa shape index (κ1) is 19.3. The second-order valence-electron chi connectivity index (χ2n) is 6.56. The number of thiazole rings is 1. The Morgan fingerprint density at radius 1 is 1.30 bits per heavy atom. The van der Waals surface area contributed by atoms with Crippen LogP contribution in [0.25, 0.3) is 10.6 Å². The van der Waals surface area contributed by atoms with Gasteiger partial charge in [-0.05, 0) is 32.0 Å². The third kappa shape index (κ3) is 4.28. The van der Waals surface area contributed by atoms with Crippen molar-refractivity contribution in [3.05, 3.63) is 40.9 Å². The van der Waals surface area contributed by atoms with E-state index in [-0.39, 0.29) is 0 Å². The summed E-state index contributed by atoms with van der Waals surface area (Å²) in [5.41, 5.74) is -1.14. The van der Waals surface area contributed by atoms with E-state index in [2.05, 4.69) is 21.3 Å². The van der Waals surface area contributed by atoms with Crippen LogP contribution in [-0.2, 0) is 6.18 Å². The zero-order chi connectivity index (χ0) is 19.7. The van der Waals surface area contributed by atoms with Gasteiger partial charge in [0, 0.05) is 18.7 Å². The fraction of sp³-hybridized carbons (Fsp3) is 0.389. The molecule has 0 aliphatic carbocycles. The lowest BCUT2D eigenvalue weighted by molar-refractivity contribution is -0.137. The molecule has 0 unspecified atom stereocenters. The second-order valence-corrected chi connectivity index (χ2v) is 7.59. The van der Waals surface area contributed by atoms with Crippen molar-refractivity contribution in [3.8, 4) is 16.6 Å². The van der Waals surface area contributed by atoms with E-state index in [9.17, 15) is 23.2 Å². The van der Waals surface area contributed by atoms with Gasteiger partial charge >= 0.3 is 6.18 Å². The summed E-state index contributed by atoms with van der Waals surface area (Å²) in [6.07, 6.45) is -1.94. The minimum atomic E-state index is -4.40. The molecular weight excluding hydrogens is 377 g/mol. The van der Waals surface area contributed by atoms with Crippen LogP contribution in [0.15, 0.2) is 30.5 Å². The van der Waals surface area contributed by atoms with Crippen LogP contribution >= 0.6 is 11.3 Å². The number of rotatable bonds is 3. The van der Waals surface area contributed by atoms with Crippen LogP contribution in [0.4, 0.5) is 13.2 Å². The maximum absolute atomic E-state index is 12.7. The van der Waals surface area contributed by atoms with Crippen LogP contribution in [-0.4, -0.2) is 41.5 Å². The van der Waals surface area contributed by atoms with Crippen molar-refractivity contribution in [2.24, 2.45) is 0 Å². The molecule has 1 saturated heterocycles. The van der Waals surface area contributed by atoms with Crippen LogP contribution in [0.2, 0.25) is 0 Å². The van der Waals surface area contributed by atoms with Crippen molar-refractivity contribution in [1.29, 1.82) is 5.26 Å². The number of benzene rings is 1. The molecule has 0 bridgehead atoms. The average molecular weight is 394 g/mol. The number of carbonyl (C=O) groups excluding carboxylic acids is 1. The van der Waals surface area contributed by atoms with Crippen molar-refractivity contribution in [1.82, 2.24) is 15.2 Å². The number of alkyl halides is 3. The molecule has 9 heteroatoms. The van der Waals surface area contributed by atoms with E-state index in [1.54, 1.807) is 0 Å². The van der Waals surface area contributed by atoms with Gasteiger partial charge in [0.1, 0.15) is 15.4 Å². The number of hydrogen-bond donors (Lipinski definition) is 1. The lowest BCUT2D eigenvalue weighted by Crippen LogP contribution is -2.53. The Morgan fingerprint density at radius 3 is 2.48 bits per heavy atom. The molecule has 1 fully saturated rings. The van der Waals surface area contributed by atoms with Crippen LogP contribution in [0.1, 0.15) is 28.1 Å². The van der Waals surface area contributed by atoms with Gasteiger partial charge in [-0.25, -0.2) is 4.98 Å². The SMILES string of the molecule is CN1CCC(C#N)(NC(=O)c2cnc(-c3ccc(C(F)(F)F)cc3)s2)CC1. The number of nitrogens with one attached hydrogen (secondary N) is 1. The van der Waals surface area contributed by atoms with Crippen molar-refractivity contribution < 1.29 is 18.0 Å². The summed E-state index contributed by atoms with van der Waals surface area (Å²) >= 11 is 1.08. The number of aromatic nitrogens is 1. The number of carbonyl (C=O) groups is 1. The molecule has 0 atom stereocenters. The van der Waals surface area contributed by atoms with E-state index < -0.39 is 23.2 Å². The number of piperidine rings is 1. The van der Waals surface area contributed by atoms with Gasteiger partial charge in [0.2, 0.25) is 0 Å². The molecule has 1 aliphatic rings. The summed E-state index contributed by atoms with van der Waals surface area (Å²) in [5.74, 6) is -0.392. The number of hydrogen-bond acceptors (Lipinski definition) is 5. The highest BCUT2D eigenvalue weighted by atomic mass is 32.1. The predicted molar refractivity (Wildman–Crippen MR) is 95.1 cm³/mol.